The number of anilines is 2. The van der Waals surface area contributed by atoms with Crippen molar-refractivity contribution in [1.29, 1.82) is 0 Å². The lowest BCUT2D eigenvalue weighted by Gasteiger charge is -2.02. The number of nitrogen functional groups attached to an aromatic ring is 2. The van der Waals surface area contributed by atoms with Crippen LogP contribution in [0, 0.1) is 11.8 Å². The van der Waals surface area contributed by atoms with E-state index < -0.39 is 11.8 Å². The molecule has 2 aromatic rings. The van der Waals surface area contributed by atoms with Crippen LogP contribution in [-0.2, 0) is 0 Å². The topological polar surface area (TPSA) is 105 Å². The Morgan fingerprint density at radius 1 is 1.18 bits per heavy atom. The smallest absolute Gasteiger partial charge is 0.211 e. The Bertz CT molecular complexity index is 577. The van der Waals surface area contributed by atoms with Gasteiger partial charge >= 0.3 is 0 Å². The molecule has 17 heavy (non-hydrogen) atoms. The molecule has 0 spiro atoms. The van der Waals surface area contributed by atoms with Crippen molar-refractivity contribution in [2.45, 2.75) is 0 Å². The van der Waals surface area contributed by atoms with Crippen molar-refractivity contribution in [3.8, 4) is 0 Å². The van der Waals surface area contributed by atoms with Gasteiger partial charge in [0.05, 0.1) is 11.4 Å². The van der Waals surface area contributed by atoms with Crippen LogP contribution >= 0.6 is 0 Å². The molecule has 5 N–H and O–H groups in total. The summed E-state index contributed by atoms with van der Waals surface area (Å²) >= 11 is 0. The predicted octanol–water partition coefficient (Wildman–Crippen LogP) is 2.27. The minimum atomic E-state index is -0.773. The number of hydrogen-bond acceptors (Lipinski definition) is 5. The van der Waals surface area contributed by atoms with Gasteiger partial charge in [0.25, 0.3) is 0 Å². The van der Waals surface area contributed by atoms with Crippen LogP contribution in [0.5, 0.6) is 0 Å². The number of nitrogens with two attached hydrogens (primary N) is 2. The van der Waals surface area contributed by atoms with Crippen LogP contribution in [0.2, 0.25) is 0 Å². The zero-order valence-electron chi connectivity index (χ0n) is 8.48. The van der Waals surface area contributed by atoms with Gasteiger partial charge in [0.15, 0.2) is 11.6 Å². The summed E-state index contributed by atoms with van der Waals surface area (Å²) in [5.41, 5.74) is 10.6. The zero-order valence-corrected chi connectivity index (χ0v) is 8.48. The van der Waals surface area contributed by atoms with Gasteiger partial charge in [-0.15, -0.1) is 10.2 Å². The maximum absolute atomic E-state index is 13.5. The molecular weight excluding hydrogens is 230 g/mol. The molecule has 1 aromatic carbocycles. The molecule has 6 nitrogen and oxygen atoms in total. The maximum atomic E-state index is 13.5. The lowest BCUT2D eigenvalue weighted by molar-refractivity contribution is 0.579. The van der Waals surface area contributed by atoms with Gasteiger partial charge in [-0.3, -0.25) is 5.10 Å². The highest BCUT2D eigenvalue weighted by molar-refractivity contribution is 5.69. The van der Waals surface area contributed by atoms with E-state index in [2.05, 4.69) is 15.3 Å². The van der Waals surface area contributed by atoms with Crippen LogP contribution in [-0.4, -0.2) is 10.2 Å². The summed E-state index contributed by atoms with van der Waals surface area (Å²) < 4.78 is 26.0. The number of benzene rings is 1. The van der Waals surface area contributed by atoms with Crippen molar-refractivity contribution in [2.75, 3.05) is 11.5 Å². The van der Waals surface area contributed by atoms with Gasteiger partial charge in [0.2, 0.25) is 5.95 Å². The lowest BCUT2D eigenvalue weighted by atomic mass is 10.2. The third kappa shape index (κ3) is 2.19. The molecule has 0 radical (unpaired) electrons. The number of H-pyrrole nitrogens is 1. The number of rotatable bonds is 2. The fraction of sp³-hybridized carbons (Fsp3) is 0. The van der Waals surface area contributed by atoms with Gasteiger partial charge in [-0.2, -0.15) is 9.49 Å². The summed E-state index contributed by atoms with van der Waals surface area (Å²) in [6.07, 6.45) is 0. The van der Waals surface area contributed by atoms with Crippen LogP contribution in [0.1, 0.15) is 0 Å². The molecular formula is C9H8F2N6. The van der Waals surface area contributed by atoms with Crippen LogP contribution in [0.15, 0.2) is 28.4 Å². The SMILES string of the molecule is Nc1ccc(N=Nc2cc(F)[nH]n2)c(F)c1N. The van der Waals surface area contributed by atoms with Gasteiger partial charge in [-0.1, -0.05) is 0 Å². The van der Waals surface area contributed by atoms with Crippen LogP contribution < -0.4 is 11.5 Å². The number of nitrogens with one attached hydrogen (secondary N) is 1. The summed E-state index contributed by atoms with van der Waals surface area (Å²) in [6, 6.07) is 3.73. The summed E-state index contributed by atoms with van der Waals surface area (Å²) in [5.74, 6) is -1.43. The fourth-order valence-electron chi connectivity index (χ4n) is 1.12. The Morgan fingerprint density at radius 2 is 1.94 bits per heavy atom. The number of aromatic amines is 1. The number of azo groups is 1. The lowest BCUT2D eigenvalue weighted by Crippen LogP contribution is -1.97. The molecule has 2 rings (SSSR count). The average molecular weight is 238 g/mol. The summed E-state index contributed by atoms with van der Waals surface area (Å²) in [4.78, 5) is 0. The van der Waals surface area contributed by atoms with Gasteiger partial charge in [-0.05, 0) is 12.1 Å². The third-order valence-corrected chi connectivity index (χ3v) is 1.99. The Labute approximate surface area is 94.3 Å². The normalized spacial score (nSPS) is 11.2. The van der Waals surface area contributed by atoms with E-state index >= 15 is 0 Å². The number of aromatic nitrogens is 2. The quantitative estimate of drug-likeness (QED) is 0.551. The molecule has 0 saturated carbocycles. The monoisotopic (exact) mass is 238 g/mol. The molecule has 1 heterocycles. The molecule has 0 saturated heterocycles. The standard InChI is InChI=1S/C9H8F2N6/c10-6-3-7(17-15-6)16-14-5-2-1-4(12)9(13)8(5)11/h1-3H,12-13H2,(H,15,17). The van der Waals surface area contributed by atoms with Crippen LogP contribution in [0.4, 0.5) is 31.7 Å². The maximum Gasteiger partial charge on any atom is 0.211 e. The van der Waals surface area contributed by atoms with E-state index in [1.165, 1.54) is 12.1 Å². The molecule has 0 atom stereocenters. The van der Waals surface area contributed by atoms with Crippen molar-refractivity contribution < 1.29 is 8.78 Å². The third-order valence-electron chi connectivity index (χ3n) is 1.99. The second-order valence-electron chi connectivity index (χ2n) is 3.18. The molecule has 88 valence electrons. The van der Waals surface area contributed by atoms with Gasteiger partial charge in [0, 0.05) is 6.07 Å². The Hall–Kier alpha value is -2.51. The van der Waals surface area contributed by atoms with Crippen molar-refractivity contribution in [1.82, 2.24) is 10.2 Å². The second-order valence-corrected chi connectivity index (χ2v) is 3.18. The number of nitrogens with zero attached hydrogens (tertiary/aromatic N) is 3. The Morgan fingerprint density at radius 3 is 2.59 bits per heavy atom. The highest BCUT2D eigenvalue weighted by atomic mass is 19.1. The molecule has 0 bridgehead atoms. The van der Waals surface area contributed by atoms with Gasteiger partial charge < -0.3 is 11.5 Å². The Kier molecular flexibility index (Phi) is 2.69. The van der Waals surface area contributed by atoms with Crippen LogP contribution in [0.3, 0.4) is 0 Å². The van der Waals surface area contributed by atoms with Crippen molar-refractivity contribution in [3.63, 3.8) is 0 Å². The van der Waals surface area contributed by atoms with Crippen molar-refractivity contribution >= 4 is 22.9 Å². The predicted molar refractivity (Wildman–Crippen MR) is 57.9 cm³/mol. The summed E-state index contributed by atoms with van der Waals surface area (Å²) in [7, 11) is 0. The first kappa shape index (κ1) is 11.0. The highest BCUT2D eigenvalue weighted by Gasteiger charge is 2.08. The first-order valence-corrected chi connectivity index (χ1v) is 4.54. The zero-order chi connectivity index (χ0) is 12.4. The Balaban J connectivity index is 2.30. The highest BCUT2D eigenvalue weighted by Crippen LogP contribution is 2.28. The molecule has 0 aliphatic heterocycles. The van der Waals surface area contributed by atoms with Crippen molar-refractivity contribution in [3.05, 3.63) is 30.0 Å². The largest absolute Gasteiger partial charge is 0.397 e. The molecule has 0 unspecified atom stereocenters. The molecule has 8 heteroatoms. The second kappa shape index (κ2) is 4.16. The molecule has 1 aromatic heterocycles. The average Bonchev–Trinajstić information content (AvgIpc) is 2.71. The van der Waals surface area contributed by atoms with E-state index in [0.29, 0.717) is 0 Å². The molecule has 0 amide bonds. The van der Waals surface area contributed by atoms with Crippen molar-refractivity contribution in [2.24, 2.45) is 10.2 Å². The van der Waals surface area contributed by atoms with E-state index in [4.69, 9.17) is 11.5 Å². The number of halogens is 2. The van der Waals surface area contributed by atoms with E-state index in [1.54, 1.807) is 0 Å². The van der Waals surface area contributed by atoms with E-state index in [9.17, 15) is 8.78 Å². The molecule has 0 fully saturated rings. The molecule has 0 aliphatic rings. The van der Waals surface area contributed by atoms with E-state index in [0.717, 1.165) is 6.07 Å². The summed E-state index contributed by atoms with van der Waals surface area (Å²) in [6.45, 7) is 0. The first-order chi connectivity index (χ1) is 8.08. The minimum Gasteiger partial charge on any atom is -0.397 e. The van der Waals surface area contributed by atoms with E-state index in [-0.39, 0.29) is 22.9 Å². The summed E-state index contributed by atoms with van der Waals surface area (Å²) in [5, 5.41) is 12.6. The molecule has 0 aliphatic carbocycles. The van der Waals surface area contributed by atoms with Crippen LogP contribution in [0.25, 0.3) is 0 Å². The number of hydrogen-bond donors (Lipinski definition) is 3. The fourth-order valence-corrected chi connectivity index (χ4v) is 1.12. The van der Waals surface area contributed by atoms with Gasteiger partial charge in [-0.25, -0.2) is 4.39 Å². The van der Waals surface area contributed by atoms with Gasteiger partial charge in [0.1, 0.15) is 5.69 Å². The first-order valence-electron chi connectivity index (χ1n) is 4.54. The van der Waals surface area contributed by atoms with E-state index in [1.807, 2.05) is 5.10 Å². The minimum absolute atomic E-state index is 0.00250.